The number of hydrogen-bond acceptors (Lipinski definition) is 3. The Labute approximate surface area is 152 Å². The summed E-state index contributed by atoms with van der Waals surface area (Å²) in [5, 5.41) is 7.45. The first kappa shape index (κ1) is 17.2. The molecule has 0 radical (unpaired) electrons. The molecule has 2 unspecified atom stereocenters. The monoisotopic (exact) mass is 357 g/mol. The van der Waals surface area contributed by atoms with Crippen LogP contribution in [0, 0.1) is 11.7 Å². The lowest BCUT2D eigenvalue weighted by atomic mass is 9.97. The Morgan fingerprint density at radius 3 is 2.92 bits per heavy atom. The molecule has 1 N–H and O–H groups in total. The Kier molecular flexibility index (Phi) is 4.53. The first-order valence-corrected chi connectivity index (χ1v) is 9.26. The van der Waals surface area contributed by atoms with Crippen LogP contribution < -0.4 is 5.32 Å². The number of amides is 1. The van der Waals surface area contributed by atoms with Crippen LogP contribution in [0.25, 0.3) is 0 Å². The van der Waals surface area contributed by atoms with Crippen LogP contribution in [0.2, 0.25) is 0 Å². The van der Waals surface area contributed by atoms with E-state index < -0.39 is 0 Å². The largest absolute Gasteiger partial charge is 0.371 e. The predicted molar refractivity (Wildman–Crippen MR) is 95.1 cm³/mol. The van der Waals surface area contributed by atoms with E-state index in [0.717, 1.165) is 12.1 Å². The molecule has 1 saturated carbocycles. The van der Waals surface area contributed by atoms with Crippen molar-refractivity contribution in [1.82, 2.24) is 15.1 Å². The van der Waals surface area contributed by atoms with Crippen LogP contribution in [0.4, 0.5) is 4.39 Å². The molecule has 138 valence electrons. The first-order chi connectivity index (χ1) is 12.6. The second-order valence-electron chi connectivity index (χ2n) is 7.46. The highest BCUT2D eigenvalue weighted by Crippen LogP contribution is 2.43. The molecule has 1 aromatic heterocycles. The molecule has 6 heteroatoms. The minimum Gasteiger partial charge on any atom is -0.371 e. The number of benzene rings is 1. The van der Waals surface area contributed by atoms with Crippen LogP contribution in [-0.4, -0.2) is 28.3 Å². The van der Waals surface area contributed by atoms with Gasteiger partial charge in [-0.3, -0.25) is 9.48 Å². The van der Waals surface area contributed by atoms with Crippen LogP contribution >= 0.6 is 0 Å². The third kappa shape index (κ3) is 3.14. The normalized spacial score (nSPS) is 27.7. The van der Waals surface area contributed by atoms with Gasteiger partial charge in [-0.1, -0.05) is 18.2 Å². The third-order valence-corrected chi connectivity index (χ3v) is 5.33. The zero-order valence-corrected chi connectivity index (χ0v) is 15.1. The second-order valence-corrected chi connectivity index (χ2v) is 7.46. The van der Waals surface area contributed by atoms with Crippen LogP contribution in [0.1, 0.15) is 56.0 Å². The molecular formula is C20H24FN3O2. The quantitative estimate of drug-likeness (QED) is 0.893. The van der Waals surface area contributed by atoms with Crippen molar-refractivity contribution in [2.24, 2.45) is 5.92 Å². The van der Waals surface area contributed by atoms with Crippen LogP contribution in [-0.2, 0) is 9.53 Å². The van der Waals surface area contributed by atoms with E-state index in [4.69, 9.17) is 4.74 Å². The van der Waals surface area contributed by atoms with Crippen molar-refractivity contribution in [1.29, 1.82) is 0 Å². The zero-order valence-electron chi connectivity index (χ0n) is 15.1. The maximum Gasteiger partial charge on any atom is 0.226 e. The number of halogens is 1. The topological polar surface area (TPSA) is 56.2 Å². The highest BCUT2D eigenvalue weighted by atomic mass is 19.1. The smallest absolute Gasteiger partial charge is 0.226 e. The summed E-state index contributed by atoms with van der Waals surface area (Å²) in [7, 11) is 0. The molecule has 1 saturated heterocycles. The van der Waals surface area contributed by atoms with Crippen molar-refractivity contribution >= 4 is 5.91 Å². The van der Waals surface area contributed by atoms with Gasteiger partial charge in [-0.2, -0.15) is 5.10 Å². The molecule has 1 aliphatic carbocycles. The molecule has 2 heterocycles. The summed E-state index contributed by atoms with van der Waals surface area (Å²) in [6.07, 6.45) is 2.96. The Bertz CT molecular complexity index is 804. The maximum absolute atomic E-state index is 13.9. The van der Waals surface area contributed by atoms with Gasteiger partial charge in [0.2, 0.25) is 5.91 Å². The van der Waals surface area contributed by atoms with E-state index >= 15 is 0 Å². The summed E-state index contributed by atoms with van der Waals surface area (Å²) in [6.45, 7) is 4.68. The fraction of sp³-hybridized carbons (Fsp3) is 0.500. The molecular weight excluding hydrogens is 333 g/mol. The lowest BCUT2D eigenvalue weighted by Crippen LogP contribution is -2.35. The number of carbonyl (C=O) groups is 1. The van der Waals surface area contributed by atoms with Gasteiger partial charge in [0.1, 0.15) is 11.9 Å². The molecule has 2 aliphatic rings. The second kappa shape index (κ2) is 6.83. The molecule has 0 bridgehead atoms. The molecule has 26 heavy (non-hydrogen) atoms. The minimum absolute atomic E-state index is 0.00662. The fourth-order valence-electron chi connectivity index (χ4n) is 3.89. The third-order valence-electron chi connectivity index (χ3n) is 5.33. The van der Waals surface area contributed by atoms with Gasteiger partial charge >= 0.3 is 0 Å². The predicted octanol–water partition coefficient (Wildman–Crippen LogP) is 3.35. The van der Waals surface area contributed by atoms with E-state index in [-0.39, 0.29) is 41.7 Å². The molecule has 1 amide bonds. The lowest BCUT2D eigenvalue weighted by molar-refractivity contribution is -0.127. The zero-order chi connectivity index (χ0) is 18.3. The molecule has 2 aromatic rings. The molecule has 1 aromatic carbocycles. The van der Waals surface area contributed by atoms with Crippen molar-refractivity contribution in [3.05, 3.63) is 53.6 Å². The average molecular weight is 357 g/mol. The van der Waals surface area contributed by atoms with E-state index in [1.807, 2.05) is 16.8 Å². The first-order valence-electron chi connectivity index (χ1n) is 9.26. The Morgan fingerprint density at radius 2 is 2.15 bits per heavy atom. The summed E-state index contributed by atoms with van der Waals surface area (Å²) in [5.74, 6) is -0.363. The fourth-order valence-corrected chi connectivity index (χ4v) is 3.89. The molecule has 2 fully saturated rings. The highest BCUT2D eigenvalue weighted by molar-refractivity contribution is 5.80. The van der Waals surface area contributed by atoms with Crippen molar-refractivity contribution in [3.63, 3.8) is 0 Å². The summed E-state index contributed by atoms with van der Waals surface area (Å²) in [5.41, 5.74) is 1.63. The summed E-state index contributed by atoms with van der Waals surface area (Å²) >= 11 is 0. The van der Waals surface area contributed by atoms with Gasteiger partial charge in [0, 0.05) is 30.8 Å². The van der Waals surface area contributed by atoms with Gasteiger partial charge in [-0.25, -0.2) is 4.39 Å². The average Bonchev–Trinajstić information content (AvgIpc) is 3.04. The van der Waals surface area contributed by atoms with Crippen molar-refractivity contribution in [2.75, 3.05) is 6.61 Å². The van der Waals surface area contributed by atoms with Crippen molar-refractivity contribution < 1.29 is 13.9 Å². The maximum atomic E-state index is 13.9. The minimum atomic E-state index is -0.273. The van der Waals surface area contributed by atoms with Crippen LogP contribution in [0.3, 0.4) is 0 Å². The lowest BCUT2D eigenvalue weighted by Gasteiger charge is -2.21. The van der Waals surface area contributed by atoms with Crippen molar-refractivity contribution in [2.45, 2.75) is 50.8 Å². The van der Waals surface area contributed by atoms with Crippen LogP contribution in [0.15, 0.2) is 36.5 Å². The molecule has 1 aliphatic heterocycles. The van der Waals surface area contributed by atoms with E-state index in [0.29, 0.717) is 18.6 Å². The van der Waals surface area contributed by atoms with Gasteiger partial charge in [-0.15, -0.1) is 0 Å². The molecule has 0 spiro atoms. The SMILES string of the molecule is CC(C)n1nccc1[C@H]1OCC[C@@H]1C(=O)NC1CC1c1ccccc1F. The van der Waals surface area contributed by atoms with E-state index in [1.54, 1.807) is 18.3 Å². The van der Waals surface area contributed by atoms with Gasteiger partial charge < -0.3 is 10.1 Å². The number of nitrogens with one attached hydrogen (secondary N) is 1. The molecule has 4 atom stereocenters. The highest BCUT2D eigenvalue weighted by Gasteiger charge is 2.44. The number of aromatic nitrogens is 2. The summed E-state index contributed by atoms with van der Waals surface area (Å²) in [6, 6.07) is 8.94. The van der Waals surface area contributed by atoms with Gasteiger partial charge in [0.25, 0.3) is 0 Å². The van der Waals surface area contributed by atoms with Gasteiger partial charge in [-0.05, 0) is 44.4 Å². The summed E-state index contributed by atoms with van der Waals surface area (Å²) in [4.78, 5) is 12.8. The van der Waals surface area contributed by atoms with E-state index in [2.05, 4.69) is 24.3 Å². The Balaban J connectivity index is 1.44. The standard InChI is InChI=1S/C20H24FN3O2/c1-12(2)24-18(7-9-22-24)19-14(8-10-26-19)20(25)23-17-11-15(17)13-5-3-4-6-16(13)21/h3-7,9,12,14-15,17,19H,8,10-11H2,1-2H3,(H,23,25)/t14-,15?,17?,19-/m0/s1. The number of rotatable bonds is 5. The van der Waals surface area contributed by atoms with Gasteiger partial charge in [0.05, 0.1) is 11.6 Å². The number of ether oxygens (including phenoxy) is 1. The molecule has 4 rings (SSSR count). The van der Waals surface area contributed by atoms with E-state index in [9.17, 15) is 9.18 Å². The van der Waals surface area contributed by atoms with Crippen molar-refractivity contribution in [3.8, 4) is 0 Å². The molecule has 5 nitrogen and oxygen atoms in total. The number of hydrogen-bond donors (Lipinski definition) is 1. The summed E-state index contributed by atoms with van der Waals surface area (Å²) < 4.78 is 21.7. The Morgan fingerprint density at radius 1 is 1.35 bits per heavy atom. The Hall–Kier alpha value is -2.21. The van der Waals surface area contributed by atoms with Crippen LogP contribution in [0.5, 0.6) is 0 Å². The number of carbonyl (C=O) groups excluding carboxylic acids is 1. The van der Waals surface area contributed by atoms with Gasteiger partial charge in [0.15, 0.2) is 0 Å². The van der Waals surface area contributed by atoms with E-state index in [1.165, 1.54) is 6.07 Å². The number of nitrogens with zero attached hydrogens (tertiary/aromatic N) is 2.